The van der Waals surface area contributed by atoms with Crippen molar-refractivity contribution in [1.82, 2.24) is 42.5 Å². The first-order chi connectivity index (χ1) is 68.6. The molecule has 2 rings (SSSR count). The number of aliphatic hydroxyl groups excluding tert-OH is 1. The van der Waals surface area contributed by atoms with Gasteiger partial charge in [-0.1, -0.05) is 103 Å². The van der Waals surface area contributed by atoms with E-state index in [9.17, 15) is 86.9 Å². The number of carbonyl (C=O) groups excluding carboxylic acids is 13. The SMILES string of the molecule is CC[C@@H](CCCCNC(=O)[C@@H](N)CCCCCC(=O)COCCOCCNC(=O)COCCOCCCC(=O)CC[C@H](NC(=O)CCCCCCCCCCOc1ccc(C(=O)O)cc1)C(=O)O)C(=O)CN[C@@H](CCCCNC(=O)[C@@H](N)CCCCNC(=O)COCCOCCCC(=O)COCCOCCNC(=O)CC[C@H](NC(=O)CCCCCCCCCCOc1ccc(C(=O)O)cc1)C(C)=O)C(=O)CO. The molecule has 142 heavy (non-hydrogen) atoms. The highest BCUT2D eigenvalue weighted by molar-refractivity contribution is 5.91. The summed E-state index contributed by atoms with van der Waals surface area (Å²) in [4.78, 5) is 196. The topological polar surface area (TPSA) is 595 Å². The summed E-state index contributed by atoms with van der Waals surface area (Å²) >= 11 is 0. The Bertz CT molecular complexity index is 3850. The number of rotatable bonds is 100. The van der Waals surface area contributed by atoms with Gasteiger partial charge >= 0.3 is 17.9 Å². The highest BCUT2D eigenvalue weighted by atomic mass is 16.5. The third-order valence-corrected chi connectivity index (χ3v) is 23.2. The minimum atomic E-state index is -1.19. The highest BCUT2D eigenvalue weighted by Crippen LogP contribution is 2.20. The van der Waals surface area contributed by atoms with Crippen LogP contribution in [-0.4, -0.2) is 309 Å². The molecule has 40 nitrogen and oxygen atoms in total. The summed E-state index contributed by atoms with van der Waals surface area (Å²) < 4.78 is 54.9. The van der Waals surface area contributed by atoms with Crippen molar-refractivity contribution in [3.8, 4) is 11.5 Å². The van der Waals surface area contributed by atoms with E-state index >= 15 is 0 Å². The lowest BCUT2D eigenvalue weighted by Gasteiger charge is -2.19. The number of carboxylic acids is 3. The number of ketones is 6. The van der Waals surface area contributed by atoms with Crippen LogP contribution in [0, 0.1) is 5.92 Å². The Morgan fingerprint density at radius 1 is 0.310 bits per heavy atom. The van der Waals surface area contributed by atoms with Crippen LogP contribution in [0.5, 0.6) is 11.5 Å². The molecule has 806 valence electrons. The Morgan fingerprint density at radius 2 is 0.676 bits per heavy atom. The van der Waals surface area contributed by atoms with Crippen molar-refractivity contribution in [2.24, 2.45) is 17.4 Å². The second kappa shape index (κ2) is 86.7. The Hall–Kier alpha value is -9.72. The van der Waals surface area contributed by atoms with E-state index in [1.807, 2.05) is 6.92 Å². The van der Waals surface area contributed by atoms with Gasteiger partial charge in [0.05, 0.1) is 121 Å². The van der Waals surface area contributed by atoms with E-state index in [1.165, 1.54) is 31.2 Å². The second-order valence-electron chi connectivity index (χ2n) is 35.3. The standard InChI is InChI=1S/C102H168N10O30/c1-3-78(31-21-24-53-108-98(125)86(103)35-18-16-17-32-82(116)73-137-67-66-136-62-56-107-97(124)76-140-70-63-133-57-29-33-81(115)44-49-90(102(131)132)112-95(122)39-20-13-9-5-7-11-15-28-60-142-85-47-42-80(43-48-85)101(129)130)91(118)71-110-89(92(119)72-113)37-23-26-54-109-99(126)87(104)36-22-25-52-105-96(123)75-139-69-64-134-58-30-34-83(117)74-138-68-65-135-61-55-106-93(120)51-50-88(77(2)114)111-94(121)38-19-12-8-4-6-10-14-27-59-141-84-45-40-79(41-46-84)100(127)128/h40-43,45-48,78,86-90,110,113H,3-39,44,49-76,103-104H2,1-2H3,(H,105,123)(H,106,120)(H,107,124)(H,108,125)(H,109,126)(H,111,121)(H,112,122)(H,127,128)(H,129,130)(H,131,132)/t78-,86-,87-,88-,89-,90-/m0/s1. The smallest absolute Gasteiger partial charge is 0.335 e. The third-order valence-electron chi connectivity index (χ3n) is 23.2. The van der Waals surface area contributed by atoms with Crippen LogP contribution in [0.3, 0.4) is 0 Å². The van der Waals surface area contributed by atoms with Gasteiger partial charge < -0.3 is 122 Å². The number of Topliss-reactive ketones (excluding diaryl/α,β-unsaturated/α-hetero) is 6. The number of aliphatic carboxylic acids is 1. The minimum Gasteiger partial charge on any atom is -0.494 e. The number of nitrogens with two attached hydrogens (primary N) is 2. The molecule has 0 bridgehead atoms. The van der Waals surface area contributed by atoms with E-state index in [4.69, 9.17) is 69.0 Å². The van der Waals surface area contributed by atoms with Crippen LogP contribution in [-0.2, 0) is 105 Å². The van der Waals surface area contributed by atoms with Crippen LogP contribution in [0.15, 0.2) is 48.5 Å². The van der Waals surface area contributed by atoms with Gasteiger partial charge in [-0.05, 0) is 177 Å². The molecule has 40 heteroatoms. The zero-order chi connectivity index (χ0) is 104. The van der Waals surface area contributed by atoms with Gasteiger partial charge in [0.25, 0.3) is 0 Å². The van der Waals surface area contributed by atoms with E-state index in [1.54, 1.807) is 24.3 Å². The molecule has 6 atom stereocenters. The minimum absolute atomic E-state index is 0.00231. The van der Waals surface area contributed by atoms with Gasteiger partial charge in [-0.3, -0.25) is 62.3 Å². The fourth-order valence-corrected chi connectivity index (χ4v) is 14.7. The fourth-order valence-electron chi connectivity index (χ4n) is 14.7. The number of hydrogen-bond donors (Lipinski definition) is 14. The van der Waals surface area contributed by atoms with Gasteiger partial charge in [0.15, 0.2) is 23.1 Å². The van der Waals surface area contributed by atoms with Crippen molar-refractivity contribution in [2.75, 3.05) is 165 Å². The van der Waals surface area contributed by atoms with E-state index < -0.39 is 60.5 Å². The number of amides is 7. The molecule has 0 saturated heterocycles. The predicted octanol–water partition coefficient (Wildman–Crippen LogP) is 7.98. The number of aromatic carboxylic acids is 2. The zero-order valence-electron chi connectivity index (χ0n) is 84.3. The zero-order valence-corrected chi connectivity index (χ0v) is 84.3. The van der Waals surface area contributed by atoms with Gasteiger partial charge in [-0.25, -0.2) is 14.4 Å². The second-order valence-corrected chi connectivity index (χ2v) is 35.3. The molecule has 0 heterocycles. The molecule has 2 aromatic carbocycles. The molecule has 16 N–H and O–H groups in total. The number of ether oxygens (including phenoxy) is 10. The molecule has 0 aromatic heterocycles. The quantitative estimate of drug-likeness (QED) is 0.0279. The largest absolute Gasteiger partial charge is 0.494 e. The first kappa shape index (κ1) is 128. The van der Waals surface area contributed by atoms with E-state index in [0.29, 0.717) is 179 Å². The molecule has 0 radical (unpaired) electrons. The number of nitrogens with one attached hydrogen (secondary N) is 8. The third kappa shape index (κ3) is 72.5. The number of carbonyl (C=O) groups is 16. The van der Waals surface area contributed by atoms with Crippen LogP contribution in [0.1, 0.15) is 298 Å². The van der Waals surface area contributed by atoms with Gasteiger partial charge in [-0.2, -0.15) is 0 Å². The summed E-state index contributed by atoms with van der Waals surface area (Å²) in [5, 5.41) is 59.5. The van der Waals surface area contributed by atoms with Crippen LogP contribution in [0.2, 0.25) is 0 Å². The number of unbranched alkanes of at least 4 members (excludes halogenated alkanes) is 19. The molecule has 2 aromatic rings. The molecule has 0 aliphatic heterocycles. The Balaban J connectivity index is 1.36. The highest BCUT2D eigenvalue weighted by Gasteiger charge is 2.26. The maximum atomic E-state index is 13.3. The number of hydrogen-bond acceptors (Lipinski definition) is 30. The Morgan fingerprint density at radius 3 is 1.13 bits per heavy atom. The Kier molecular flexibility index (Phi) is 78.4. The van der Waals surface area contributed by atoms with Crippen LogP contribution < -0.4 is 63.5 Å². The molecule has 0 spiro atoms. The van der Waals surface area contributed by atoms with Gasteiger partial charge in [0.2, 0.25) is 41.4 Å². The number of benzene rings is 2. The maximum Gasteiger partial charge on any atom is 0.335 e. The van der Waals surface area contributed by atoms with Crippen molar-refractivity contribution in [1.29, 1.82) is 0 Å². The van der Waals surface area contributed by atoms with E-state index in [0.717, 1.165) is 89.9 Å². The monoisotopic (exact) mass is 2010 g/mol. The molecule has 0 aliphatic rings. The molecular formula is C102H168N10O30. The average Bonchev–Trinajstić information content (AvgIpc) is 0.896. The van der Waals surface area contributed by atoms with Crippen molar-refractivity contribution < 1.29 is 145 Å². The Labute approximate surface area is 837 Å². The predicted molar refractivity (Wildman–Crippen MR) is 530 cm³/mol. The van der Waals surface area contributed by atoms with Crippen LogP contribution >= 0.6 is 0 Å². The molecule has 7 amide bonds. The normalized spacial score (nSPS) is 12.5. The fraction of sp³-hybridized carbons (Fsp3) is 0.725. The lowest BCUT2D eigenvalue weighted by atomic mass is 9.94. The van der Waals surface area contributed by atoms with E-state index in [-0.39, 0.29) is 251 Å². The molecule has 0 aliphatic carbocycles. The summed E-state index contributed by atoms with van der Waals surface area (Å²) in [6.45, 7) is 7.26. The summed E-state index contributed by atoms with van der Waals surface area (Å²) in [5.41, 5.74) is 12.7. The van der Waals surface area contributed by atoms with Crippen molar-refractivity contribution in [2.45, 2.75) is 307 Å². The molecule has 0 unspecified atom stereocenters. The molecule has 0 saturated carbocycles. The lowest BCUT2D eigenvalue weighted by molar-refractivity contribution is -0.142. The summed E-state index contributed by atoms with van der Waals surface area (Å²) in [6.07, 6.45) is 25.4. The van der Waals surface area contributed by atoms with Crippen LogP contribution in [0.4, 0.5) is 0 Å². The summed E-state index contributed by atoms with van der Waals surface area (Å²) in [7, 11) is 0. The summed E-state index contributed by atoms with van der Waals surface area (Å²) in [6, 6.07) is 8.54. The van der Waals surface area contributed by atoms with Crippen molar-refractivity contribution >= 4 is 94.0 Å². The lowest BCUT2D eigenvalue weighted by Crippen LogP contribution is -2.43. The van der Waals surface area contributed by atoms with Crippen molar-refractivity contribution in [3.63, 3.8) is 0 Å². The van der Waals surface area contributed by atoms with Gasteiger partial charge in [0, 0.05) is 96.8 Å². The number of aliphatic hydroxyl groups is 1. The van der Waals surface area contributed by atoms with Crippen molar-refractivity contribution in [3.05, 3.63) is 59.7 Å². The maximum absolute atomic E-state index is 13.3. The van der Waals surface area contributed by atoms with Gasteiger partial charge in [0.1, 0.15) is 62.1 Å². The number of carboxylic acid groups (broad SMARTS) is 3. The summed E-state index contributed by atoms with van der Waals surface area (Å²) in [5.74, 6) is -5.28. The molecular weight excluding hydrogens is 1850 g/mol. The first-order valence-corrected chi connectivity index (χ1v) is 51.3. The average molecular weight is 2010 g/mol. The van der Waals surface area contributed by atoms with E-state index in [2.05, 4.69) is 42.5 Å². The van der Waals surface area contributed by atoms with Gasteiger partial charge in [-0.15, -0.1) is 0 Å². The first-order valence-electron chi connectivity index (χ1n) is 51.3. The molecule has 0 fully saturated rings. The van der Waals surface area contributed by atoms with Crippen LogP contribution in [0.25, 0.3) is 0 Å².